The summed E-state index contributed by atoms with van der Waals surface area (Å²) in [4.78, 5) is 11.2. The van der Waals surface area contributed by atoms with E-state index in [4.69, 9.17) is 16.3 Å². The molecule has 1 aromatic carbocycles. The van der Waals surface area contributed by atoms with Gasteiger partial charge in [-0.15, -0.1) is 6.42 Å². The molecule has 0 amide bonds. The van der Waals surface area contributed by atoms with Crippen LogP contribution in [0.1, 0.15) is 18.5 Å². The fraction of sp³-hybridized carbons (Fsp3) is 0.357. The molecular weight excluding hydrogens is 284 g/mol. The highest BCUT2D eigenvalue weighted by atomic mass is 19.3. The van der Waals surface area contributed by atoms with Gasteiger partial charge >= 0.3 is 12.6 Å². The molecule has 1 aromatic rings. The zero-order chi connectivity index (χ0) is 15.8. The first kappa shape index (κ1) is 16.7. The number of hydrogen-bond donors (Lipinski definition) is 2. The van der Waals surface area contributed by atoms with Gasteiger partial charge in [-0.25, -0.2) is 0 Å². The first-order valence-corrected chi connectivity index (χ1v) is 6.10. The van der Waals surface area contributed by atoms with Crippen molar-refractivity contribution in [1.29, 1.82) is 0 Å². The van der Waals surface area contributed by atoms with Crippen LogP contribution in [0.4, 0.5) is 8.78 Å². The Morgan fingerprint density at radius 1 is 1.48 bits per heavy atom. The van der Waals surface area contributed by atoms with Gasteiger partial charge in [0.2, 0.25) is 0 Å². The van der Waals surface area contributed by atoms with Crippen LogP contribution in [-0.4, -0.2) is 30.8 Å². The van der Waals surface area contributed by atoms with E-state index >= 15 is 0 Å². The molecule has 0 aromatic heterocycles. The minimum atomic E-state index is -3.00. The summed E-state index contributed by atoms with van der Waals surface area (Å²) in [6.45, 7) is -1.05. The van der Waals surface area contributed by atoms with Crippen LogP contribution in [-0.2, 0) is 4.79 Å². The molecular formula is C14H15F2NO4. The van der Waals surface area contributed by atoms with Gasteiger partial charge in [-0.3, -0.25) is 10.1 Å². The average molecular weight is 299 g/mol. The molecule has 0 aliphatic carbocycles. The maximum Gasteiger partial charge on any atom is 0.387 e. The van der Waals surface area contributed by atoms with Gasteiger partial charge in [-0.1, -0.05) is 12.0 Å². The largest absolute Gasteiger partial charge is 0.490 e. The third kappa shape index (κ3) is 4.93. The van der Waals surface area contributed by atoms with Crippen LogP contribution in [0.2, 0.25) is 0 Å². The summed E-state index contributed by atoms with van der Waals surface area (Å²) in [7, 11) is 0. The van der Waals surface area contributed by atoms with Crippen LogP contribution in [0.25, 0.3) is 0 Å². The molecule has 2 N–H and O–H groups in total. The zero-order valence-electron chi connectivity index (χ0n) is 11.3. The van der Waals surface area contributed by atoms with Crippen LogP contribution < -0.4 is 14.8 Å². The summed E-state index contributed by atoms with van der Waals surface area (Å²) in [6.07, 6.45) is 5.08. The number of aliphatic carboxylic acids is 1. The molecule has 114 valence electrons. The Labute approximate surface area is 120 Å². The van der Waals surface area contributed by atoms with Crippen LogP contribution in [0, 0.1) is 12.3 Å². The van der Waals surface area contributed by atoms with Gasteiger partial charge in [-0.2, -0.15) is 8.78 Å². The lowest BCUT2D eigenvalue weighted by Crippen LogP contribution is -2.28. The lowest BCUT2D eigenvalue weighted by atomic mass is 10.1. The molecule has 1 unspecified atom stereocenters. The molecule has 0 radical (unpaired) electrons. The third-order valence-electron chi connectivity index (χ3n) is 2.47. The van der Waals surface area contributed by atoms with E-state index in [-0.39, 0.29) is 24.7 Å². The number of benzene rings is 1. The Bertz CT molecular complexity index is 528. The molecule has 0 aliphatic heterocycles. The van der Waals surface area contributed by atoms with Crippen LogP contribution >= 0.6 is 0 Å². The van der Waals surface area contributed by atoms with Crippen molar-refractivity contribution >= 4 is 5.97 Å². The fourth-order valence-corrected chi connectivity index (χ4v) is 1.67. The zero-order valence-corrected chi connectivity index (χ0v) is 11.3. The number of nitrogens with one attached hydrogen (secondary N) is 1. The Hall–Kier alpha value is -2.33. The van der Waals surface area contributed by atoms with E-state index in [0.717, 1.165) is 0 Å². The molecule has 0 heterocycles. The lowest BCUT2D eigenvalue weighted by Gasteiger charge is -2.17. The highest BCUT2D eigenvalue weighted by Gasteiger charge is 2.21. The summed E-state index contributed by atoms with van der Waals surface area (Å²) < 4.78 is 34.1. The van der Waals surface area contributed by atoms with Crippen molar-refractivity contribution in [3.63, 3.8) is 0 Å². The van der Waals surface area contributed by atoms with Crippen molar-refractivity contribution in [2.45, 2.75) is 19.6 Å². The van der Waals surface area contributed by atoms with Gasteiger partial charge in [0.25, 0.3) is 0 Å². The van der Waals surface area contributed by atoms with Gasteiger partial charge in [0, 0.05) is 0 Å². The summed E-state index contributed by atoms with van der Waals surface area (Å²) in [5.41, 5.74) is 0.322. The maximum atomic E-state index is 12.3. The molecule has 0 saturated heterocycles. The number of carbonyl (C=O) groups is 1. The van der Waals surface area contributed by atoms with Crippen LogP contribution in [0.5, 0.6) is 11.5 Å². The normalized spacial score (nSPS) is 11.8. The van der Waals surface area contributed by atoms with Gasteiger partial charge in [0.05, 0.1) is 13.2 Å². The molecule has 7 heteroatoms. The summed E-state index contributed by atoms with van der Waals surface area (Å²) in [5.74, 6) is 1.02. The lowest BCUT2D eigenvalue weighted by molar-refractivity contribution is -0.139. The van der Waals surface area contributed by atoms with E-state index in [2.05, 4.69) is 16.0 Å². The molecule has 0 saturated carbocycles. The monoisotopic (exact) mass is 299 g/mol. The first-order valence-electron chi connectivity index (χ1n) is 6.10. The predicted octanol–water partition coefficient (Wildman–Crippen LogP) is 2.04. The minimum Gasteiger partial charge on any atom is -0.490 e. The number of alkyl halides is 2. The molecule has 1 atom stereocenters. The number of rotatable bonds is 8. The minimum absolute atomic E-state index is 0.0454. The molecule has 0 bridgehead atoms. The van der Waals surface area contributed by atoms with E-state index in [9.17, 15) is 13.6 Å². The Morgan fingerprint density at radius 3 is 2.71 bits per heavy atom. The fourth-order valence-electron chi connectivity index (χ4n) is 1.67. The van der Waals surface area contributed by atoms with Gasteiger partial charge in [-0.05, 0) is 24.6 Å². The number of ether oxygens (including phenoxy) is 2. The van der Waals surface area contributed by atoms with Crippen LogP contribution in [0.3, 0.4) is 0 Å². The quantitative estimate of drug-likeness (QED) is 0.719. The third-order valence-corrected chi connectivity index (χ3v) is 2.47. The Morgan fingerprint density at radius 2 is 2.19 bits per heavy atom. The van der Waals surface area contributed by atoms with E-state index in [1.807, 2.05) is 0 Å². The number of halogens is 2. The predicted molar refractivity (Wildman–Crippen MR) is 71.5 cm³/mol. The standard InChI is InChI=1S/C14H15F2NO4/c1-3-7-17-12(13(18)19)9-5-6-10(21-14(15)16)11(8-9)20-4-2/h1,5-6,8,12,14,17H,4,7H2,2H3,(H,18,19). The Balaban J connectivity index is 3.09. The molecule has 0 fully saturated rings. The second kappa shape index (κ2) is 8.07. The van der Waals surface area contributed by atoms with Crippen molar-refractivity contribution in [3.8, 4) is 23.8 Å². The van der Waals surface area contributed by atoms with Crippen molar-refractivity contribution in [2.24, 2.45) is 0 Å². The first-order chi connectivity index (χ1) is 9.99. The second-order valence-electron chi connectivity index (χ2n) is 3.87. The van der Waals surface area contributed by atoms with Crippen molar-refractivity contribution < 1.29 is 28.2 Å². The molecule has 21 heavy (non-hydrogen) atoms. The van der Waals surface area contributed by atoms with E-state index in [0.29, 0.717) is 5.56 Å². The van der Waals surface area contributed by atoms with Gasteiger partial charge in [0.1, 0.15) is 6.04 Å². The molecule has 0 aliphatic rings. The number of hydrogen-bond acceptors (Lipinski definition) is 4. The summed E-state index contributed by atoms with van der Waals surface area (Å²) in [5, 5.41) is 11.8. The summed E-state index contributed by atoms with van der Waals surface area (Å²) >= 11 is 0. The second-order valence-corrected chi connectivity index (χ2v) is 3.87. The summed E-state index contributed by atoms with van der Waals surface area (Å²) in [6, 6.07) is 2.87. The average Bonchev–Trinajstić information content (AvgIpc) is 2.41. The van der Waals surface area contributed by atoms with Gasteiger partial charge < -0.3 is 14.6 Å². The highest BCUT2D eigenvalue weighted by Crippen LogP contribution is 2.32. The topological polar surface area (TPSA) is 67.8 Å². The van der Waals surface area contributed by atoms with Crippen LogP contribution in [0.15, 0.2) is 18.2 Å². The number of carboxylic acid groups (broad SMARTS) is 1. The van der Waals surface area contributed by atoms with E-state index in [1.165, 1.54) is 18.2 Å². The number of carboxylic acids is 1. The molecule has 1 rings (SSSR count). The maximum absolute atomic E-state index is 12.3. The highest BCUT2D eigenvalue weighted by molar-refractivity contribution is 5.76. The molecule has 0 spiro atoms. The molecule has 5 nitrogen and oxygen atoms in total. The SMILES string of the molecule is C#CCNC(C(=O)O)c1ccc(OC(F)F)c(OCC)c1. The van der Waals surface area contributed by atoms with Crippen molar-refractivity contribution in [1.82, 2.24) is 5.32 Å². The Kier molecular flexibility index (Phi) is 6.43. The van der Waals surface area contributed by atoms with Crippen molar-refractivity contribution in [2.75, 3.05) is 13.2 Å². The van der Waals surface area contributed by atoms with Crippen molar-refractivity contribution in [3.05, 3.63) is 23.8 Å². The van der Waals surface area contributed by atoms with E-state index in [1.54, 1.807) is 6.92 Å². The van der Waals surface area contributed by atoms with E-state index < -0.39 is 18.6 Å². The number of terminal acetylenes is 1. The van der Waals surface area contributed by atoms with Gasteiger partial charge in [0.15, 0.2) is 11.5 Å². The smallest absolute Gasteiger partial charge is 0.387 e.